The van der Waals surface area contributed by atoms with Crippen LogP contribution in [0.25, 0.3) is 11.0 Å². The molecule has 1 aliphatic rings. The summed E-state index contributed by atoms with van der Waals surface area (Å²) in [7, 11) is -1.02. The molecule has 1 amide bonds. The monoisotopic (exact) mass is 305 g/mol. The Morgan fingerprint density at radius 1 is 1.43 bits per heavy atom. The van der Waals surface area contributed by atoms with E-state index in [4.69, 9.17) is 0 Å². The van der Waals surface area contributed by atoms with Crippen LogP contribution in [0.4, 0.5) is 4.39 Å². The number of amides is 1. The molecule has 1 saturated heterocycles. The lowest BCUT2D eigenvalue weighted by atomic mass is 10.1. The fourth-order valence-corrected chi connectivity index (χ4v) is 5.43. The molecule has 2 aromatic heterocycles. The van der Waals surface area contributed by atoms with Gasteiger partial charge >= 0.3 is 0 Å². The second-order valence-corrected chi connectivity index (χ2v) is 12.0. The van der Waals surface area contributed by atoms with Crippen molar-refractivity contribution in [3.8, 4) is 0 Å². The summed E-state index contributed by atoms with van der Waals surface area (Å²) in [6.45, 7) is 4.80. The van der Waals surface area contributed by atoms with E-state index < -0.39 is 8.07 Å². The molecule has 0 radical (unpaired) electrons. The third-order valence-corrected chi connectivity index (χ3v) is 7.68. The number of rotatable bonds is 2. The SMILES string of the molecule is C[Si]1(C)CCC(NC(=O)c2cc3c(F)ccnc3[nH]2)CC1. The van der Waals surface area contributed by atoms with E-state index in [2.05, 4.69) is 28.4 Å². The lowest BCUT2D eigenvalue weighted by Gasteiger charge is -2.33. The minimum absolute atomic E-state index is 0.168. The Bertz CT molecular complexity index is 673. The maximum Gasteiger partial charge on any atom is 0.267 e. The highest BCUT2D eigenvalue weighted by molar-refractivity contribution is 6.77. The topological polar surface area (TPSA) is 57.8 Å². The molecule has 112 valence electrons. The number of halogens is 1. The van der Waals surface area contributed by atoms with Gasteiger partial charge in [0.05, 0.1) is 5.39 Å². The average molecular weight is 305 g/mol. The maximum atomic E-state index is 13.6. The van der Waals surface area contributed by atoms with Crippen LogP contribution < -0.4 is 5.32 Å². The van der Waals surface area contributed by atoms with E-state index in [-0.39, 0.29) is 17.8 Å². The van der Waals surface area contributed by atoms with Crippen LogP contribution in [0.2, 0.25) is 25.2 Å². The Morgan fingerprint density at radius 2 is 2.14 bits per heavy atom. The van der Waals surface area contributed by atoms with E-state index in [9.17, 15) is 9.18 Å². The molecule has 0 unspecified atom stereocenters. The highest BCUT2D eigenvalue weighted by Crippen LogP contribution is 2.28. The van der Waals surface area contributed by atoms with Gasteiger partial charge in [-0.1, -0.05) is 25.2 Å². The lowest BCUT2D eigenvalue weighted by molar-refractivity contribution is 0.0929. The second kappa shape index (κ2) is 5.25. The molecule has 0 aromatic carbocycles. The number of H-pyrrole nitrogens is 1. The molecule has 2 aromatic rings. The third-order valence-electron chi connectivity index (χ3n) is 4.40. The van der Waals surface area contributed by atoms with Crippen LogP contribution >= 0.6 is 0 Å². The van der Waals surface area contributed by atoms with E-state index in [1.54, 1.807) is 0 Å². The largest absolute Gasteiger partial charge is 0.348 e. The number of aromatic nitrogens is 2. The molecule has 1 fully saturated rings. The molecular weight excluding hydrogens is 285 g/mol. The predicted molar refractivity (Wildman–Crippen MR) is 83.6 cm³/mol. The number of pyridine rings is 1. The molecule has 0 saturated carbocycles. The summed E-state index contributed by atoms with van der Waals surface area (Å²) in [6, 6.07) is 5.57. The average Bonchev–Trinajstić information content (AvgIpc) is 2.87. The number of nitrogens with one attached hydrogen (secondary N) is 2. The van der Waals surface area contributed by atoms with Gasteiger partial charge in [0.15, 0.2) is 0 Å². The smallest absolute Gasteiger partial charge is 0.267 e. The van der Waals surface area contributed by atoms with Crippen molar-refractivity contribution in [3.05, 3.63) is 29.8 Å². The van der Waals surface area contributed by atoms with Crippen molar-refractivity contribution < 1.29 is 9.18 Å². The van der Waals surface area contributed by atoms with E-state index in [0.29, 0.717) is 16.7 Å². The van der Waals surface area contributed by atoms with Gasteiger partial charge in [0.25, 0.3) is 5.91 Å². The van der Waals surface area contributed by atoms with Crippen LogP contribution in [-0.2, 0) is 0 Å². The Hall–Kier alpha value is -1.69. The molecule has 3 heterocycles. The number of hydrogen-bond donors (Lipinski definition) is 2. The zero-order valence-corrected chi connectivity index (χ0v) is 13.4. The number of carbonyl (C=O) groups excluding carboxylic acids is 1. The fourth-order valence-electron chi connectivity index (χ4n) is 2.92. The second-order valence-electron chi connectivity index (χ2n) is 6.65. The highest BCUT2D eigenvalue weighted by Gasteiger charge is 2.29. The predicted octanol–water partition coefficient (Wildman–Crippen LogP) is 3.30. The van der Waals surface area contributed by atoms with Crippen molar-refractivity contribution in [2.75, 3.05) is 0 Å². The van der Waals surface area contributed by atoms with Crippen LogP contribution in [0.5, 0.6) is 0 Å². The quantitative estimate of drug-likeness (QED) is 0.836. The summed E-state index contributed by atoms with van der Waals surface area (Å²) in [4.78, 5) is 19.2. The van der Waals surface area contributed by atoms with Crippen molar-refractivity contribution in [2.45, 2.75) is 44.1 Å². The Kier molecular flexibility index (Phi) is 3.57. The first-order valence-electron chi connectivity index (χ1n) is 7.39. The molecule has 21 heavy (non-hydrogen) atoms. The van der Waals surface area contributed by atoms with Crippen molar-refractivity contribution >= 4 is 25.0 Å². The van der Waals surface area contributed by atoms with Crippen LogP contribution in [0.1, 0.15) is 23.3 Å². The van der Waals surface area contributed by atoms with Gasteiger partial charge in [-0.25, -0.2) is 9.37 Å². The van der Waals surface area contributed by atoms with E-state index in [0.717, 1.165) is 12.8 Å². The Labute approximate surface area is 124 Å². The first-order valence-corrected chi connectivity index (χ1v) is 10.8. The maximum absolute atomic E-state index is 13.6. The first-order chi connectivity index (χ1) is 9.94. The minimum Gasteiger partial charge on any atom is -0.348 e. The molecular formula is C15H20FN3OSi. The third kappa shape index (κ3) is 3.00. The van der Waals surface area contributed by atoms with E-state index in [1.807, 2.05) is 0 Å². The molecule has 0 aliphatic carbocycles. The molecule has 6 heteroatoms. The Morgan fingerprint density at radius 3 is 2.81 bits per heavy atom. The summed E-state index contributed by atoms with van der Waals surface area (Å²) in [5.41, 5.74) is 0.794. The fraction of sp³-hybridized carbons (Fsp3) is 0.467. The van der Waals surface area contributed by atoms with E-state index in [1.165, 1.54) is 30.4 Å². The zero-order chi connectivity index (χ0) is 15.0. The summed E-state index contributed by atoms with van der Waals surface area (Å²) in [5, 5.41) is 3.42. The summed E-state index contributed by atoms with van der Waals surface area (Å²) in [5.74, 6) is -0.528. The molecule has 1 aliphatic heterocycles. The van der Waals surface area contributed by atoms with Gasteiger partial charge in [0.2, 0.25) is 0 Å². The molecule has 2 N–H and O–H groups in total. The van der Waals surface area contributed by atoms with Gasteiger partial charge in [0, 0.05) is 20.3 Å². The van der Waals surface area contributed by atoms with Crippen LogP contribution in [0.3, 0.4) is 0 Å². The number of fused-ring (bicyclic) bond motifs is 1. The van der Waals surface area contributed by atoms with Crippen molar-refractivity contribution in [2.24, 2.45) is 0 Å². The standard InChI is InChI=1S/C15H20FN3OSi/c1-21(2)7-4-10(5-8-21)18-15(20)13-9-11-12(16)3-6-17-14(11)19-13/h3,6,9-10H,4-5,7-8H2,1-2H3,(H,17,19)(H,18,20). The number of carbonyl (C=O) groups is 1. The summed E-state index contributed by atoms with van der Waals surface area (Å²) in [6.07, 6.45) is 3.50. The number of hydrogen-bond acceptors (Lipinski definition) is 2. The lowest BCUT2D eigenvalue weighted by Crippen LogP contribution is -2.42. The van der Waals surface area contributed by atoms with Gasteiger partial charge < -0.3 is 10.3 Å². The molecule has 0 spiro atoms. The van der Waals surface area contributed by atoms with Crippen molar-refractivity contribution in [1.82, 2.24) is 15.3 Å². The molecule has 0 atom stereocenters. The van der Waals surface area contributed by atoms with Crippen LogP contribution in [0.15, 0.2) is 18.3 Å². The zero-order valence-electron chi connectivity index (χ0n) is 12.4. The van der Waals surface area contributed by atoms with Gasteiger partial charge in [-0.05, 0) is 25.0 Å². The molecule has 3 rings (SSSR count). The Balaban J connectivity index is 1.71. The van der Waals surface area contributed by atoms with Gasteiger partial charge in [-0.15, -0.1) is 0 Å². The number of nitrogens with zero attached hydrogens (tertiary/aromatic N) is 1. The summed E-state index contributed by atoms with van der Waals surface area (Å²) >= 11 is 0. The first kappa shape index (κ1) is 14.3. The minimum atomic E-state index is -1.02. The molecule has 4 nitrogen and oxygen atoms in total. The van der Waals surface area contributed by atoms with Crippen molar-refractivity contribution in [1.29, 1.82) is 0 Å². The highest BCUT2D eigenvalue weighted by atomic mass is 28.3. The summed E-state index contributed by atoms with van der Waals surface area (Å²) < 4.78 is 13.6. The van der Waals surface area contributed by atoms with Crippen LogP contribution in [0, 0.1) is 5.82 Å². The van der Waals surface area contributed by atoms with Gasteiger partial charge in [-0.2, -0.15) is 0 Å². The van der Waals surface area contributed by atoms with E-state index >= 15 is 0 Å². The normalized spacial score (nSPS) is 18.8. The molecule has 0 bridgehead atoms. The van der Waals surface area contributed by atoms with Crippen molar-refractivity contribution in [3.63, 3.8) is 0 Å². The van der Waals surface area contributed by atoms with Gasteiger partial charge in [0.1, 0.15) is 17.2 Å². The number of aromatic amines is 1. The van der Waals surface area contributed by atoms with Gasteiger partial charge in [-0.3, -0.25) is 4.79 Å². The van der Waals surface area contributed by atoms with Crippen LogP contribution in [-0.4, -0.2) is 30.0 Å².